The molecule has 0 aliphatic rings. The summed E-state index contributed by atoms with van der Waals surface area (Å²) in [5, 5.41) is 19.0. The lowest BCUT2D eigenvalue weighted by atomic mass is 10.1. The fourth-order valence-electron chi connectivity index (χ4n) is 1.10. The van der Waals surface area contributed by atoms with E-state index in [0.29, 0.717) is 6.07 Å². The first-order valence-corrected chi connectivity index (χ1v) is 4.47. The Morgan fingerprint density at radius 1 is 1.69 bits per heavy atom. The average Bonchev–Trinajstić information content (AvgIpc) is 2.26. The van der Waals surface area contributed by atoms with Crippen molar-refractivity contribution in [3.8, 4) is 6.07 Å². The number of nitrogens with zero attached hydrogens (tertiary/aromatic N) is 3. The van der Waals surface area contributed by atoms with Gasteiger partial charge in [-0.3, -0.25) is 0 Å². The molecule has 0 radical (unpaired) electrons. The van der Waals surface area contributed by atoms with Crippen LogP contribution in [0.15, 0.2) is 6.07 Å². The second kappa shape index (κ2) is 4.81. The van der Waals surface area contributed by atoms with Crippen LogP contribution in [0.1, 0.15) is 23.2 Å². The van der Waals surface area contributed by atoms with Crippen molar-refractivity contribution >= 4 is 17.4 Å². The summed E-state index contributed by atoms with van der Waals surface area (Å²) < 4.78 is 25.1. The van der Waals surface area contributed by atoms with E-state index in [1.54, 1.807) is 0 Å². The molecular formula is C8H4ClF2N3O2. The number of hydrogen-bond acceptors (Lipinski definition) is 4. The Kier molecular flexibility index (Phi) is 3.68. The van der Waals surface area contributed by atoms with E-state index in [9.17, 15) is 18.9 Å². The van der Waals surface area contributed by atoms with Gasteiger partial charge in [0.1, 0.15) is 6.07 Å². The molecule has 0 saturated carbocycles. The third kappa shape index (κ3) is 2.23. The summed E-state index contributed by atoms with van der Waals surface area (Å²) in [6, 6.07) is 2.13. The lowest BCUT2D eigenvalue weighted by Crippen LogP contribution is -2.03. The summed E-state index contributed by atoms with van der Waals surface area (Å²) in [7, 11) is 0. The smallest absolute Gasteiger partial charge is 0.358 e. The zero-order chi connectivity index (χ0) is 12.3. The Balaban J connectivity index is 3.51. The number of nitro groups is 1. The van der Waals surface area contributed by atoms with Crippen LogP contribution in [-0.4, -0.2) is 9.91 Å². The maximum Gasteiger partial charge on any atom is 0.365 e. The highest BCUT2D eigenvalue weighted by Crippen LogP contribution is 2.28. The number of nitriles is 1. The van der Waals surface area contributed by atoms with E-state index in [1.807, 2.05) is 0 Å². The van der Waals surface area contributed by atoms with Gasteiger partial charge in [0, 0.05) is 17.2 Å². The SMILES string of the molecule is N#Cc1nc([N+](=O)[O-])cc(C(F)F)c1CCl. The van der Waals surface area contributed by atoms with E-state index in [4.69, 9.17) is 16.9 Å². The molecule has 0 aliphatic carbocycles. The lowest BCUT2D eigenvalue weighted by Gasteiger charge is -2.05. The summed E-state index contributed by atoms with van der Waals surface area (Å²) in [6.45, 7) is 0. The van der Waals surface area contributed by atoms with Gasteiger partial charge >= 0.3 is 5.82 Å². The van der Waals surface area contributed by atoms with Crippen LogP contribution < -0.4 is 0 Å². The Morgan fingerprint density at radius 3 is 2.69 bits per heavy atom. The van der Waals surface area contributed by atoms with Crippen molar-refractivity contribution in [2.75, 3.05) is 0 Å². The van der Waals surface area contributed by atoms with Crippen molar-refractivity contribution < 1.29 is 13.7 Å². The Bertz CT molecular complexity index is 473. The van der Waals surface area contributed by atoms with E-state index in [1.165, 1.54) is 6.07 Å². The normalized spacial score (nSPS) is 10.2. The van der Waals surface area contributed by atoms with Crippen molar-refractivity contribution in [2.24, 2.45) is 0 Å². The van der Waals surface area contributed by atoms with Crippen molar-refractivity contribution in [3.05, 3.63) is 33.0 Å². The first kappa shape index (κ1) is 12.3. The molecule has 8 heteroatoms. The fourth-order valence-corrected chi connectivity index (χ4v) is 1.38. The molecule has 0 unspecified atom stereocenters. The Hall–Kier alpha value is -1.81. The number of pyridine rings is 1. The van der Waals surface area contributed by atoms with Gasteiger partial charge in [-0.05, 0) is 9.91 Å². The predicted octanol–water partition coefficient (Wildman–Crippen LogP) is 2.54. The largest absolute Gasteiger partial charge is 0.365 e. The maximum atomic E-state index is 12.6. The van der Waals surface area contributed by atoms with Crippen LogP contribution in [0, 0.1) is 21.4 Å². The fraction of sp³-hybridized carbons (Fsp3) is 0.250. The van der Waals surface area contributed by atoms with Gasteiger partial charge < -0.3 is 10.1 Å². The molecule has 0 spiro atoms. The minimum absolute atomic E-state index is 0.176. The van der Waals surface area contributed by atoms with Crippen molar-refractivity contribution in [2.45, 2.75) is 12.3 Å². The van der Waals surface area contributed by atoms with Crippen LogP contribution in [0.4, 0.5) is 14.6 Å². The maximum absolute atomic E-state index is 12.6. The minimum atomic E-state index is -2.94. The molecule has 0 N–H and O–H groups in total. The van der Waals surface area contributed by atoms with E-state index in [-0.39, 0.29) is 11.4 Å². The van der Waals surface area contributed by atoms with Crippen LogP contribution in [0.5, 0.6) is 0 Å². The van der Waals surface area contributed by atoms with E-state index >= 15 is 0 Å². The van der Waals surface area contributed by atoms with Crippen LogP contribution >= 0.6 is 11.6 Å². The molecule has 16 heavy (non-hydrogen) atoms. The van der Waals surface area contributed by atoms with Gasteiger partial charge in [-0.1, -0.05) is 0 Å². The van der Waals surface area contributed by atoms with Crippen molar-refractivity contribution in [3.63, 3.8) is 0 Å². The molecule has 5 nitrogen and oxygen atoms in total. The summed E-state index contributed by atoms with van der Waals surface area (Å²) in [4.78, 5) is 12.8. The minimum Gasteiger partial charge on any atom is -0.358 e. The second-order valence-corrected chi connectivity index (χ2v) is 2.97. The van der Waals surface area contributed by atoms with Crippen LogP contribution in [0.2, 0.25) is 0 Å². The zero-order valence-corrected chi connectivity index (χ0v) is 8.41. The second-order valence-electron chi connectivity index (χ2n) is 2.70. The first-order valence-electron chi connectivity index (χ1n) is 3.93. The molecule has 0 aromatic carbocycles. The quantitative estimate of drug-likeness (QED) is 0.467. The number of hydrogen-bond donors (Lipinski definition) is 0. The third-order valence-corrected chi connectivity index (χ3v) is 2.07. The van der Waals surface area contributed by atoms with E-state index < -0.39 is 28.4 Å². The van der Waals surface area contributed by atoms with Gasteiger partial charge in [-0.15, -0.1) is 11.6 Å². The molecule has 1 aromatic rings. The first-order chi connectivity index (χ1) is 7.51. The highest BCUT2D eigenvalue weighted by Gasteiger charge is 2.24. The molecule has 0 fully saturated rings. The highest BCUT2D eigenvalue weighted by atomic mass is 35.5. The van der Waals surface area contributed by atoms with Gasteiger partial charge in [-0.25, -0.2) is 8.78 Å². The summed E-state index contributed by atoms with van der Waals surface area (Å²) in [5.74, 6) is -1.14. The van der Waals surface area contributed by atoms with Crippen LogP contribution in [0.25, 0.3) is 0 Å². The van der Waals surface area contributed by atoms with Gasteiger partial charge in [0.15, 0.2) is 0 Å². The van der Waals surface area contributed by atoms with Crippen molar-refractivity contribution in [1.29, 1.82) is 5.26 Å². The molecular weight excluding hydrogens is 244 g/mol. The molecule has 0 atom stereocenters. The van der Waals surface area contributed by atoms with Gasteiger partial charge in [0.2, 0.25) is 0 Å². The monoisotopic (exact) mass is 247 g/mol. The van der Waals surface area contributed by atoms with E-state index in [0.717, 1.165) is 0 Å². The van der Waals surface area contributed by atoms with Gasteiger partial charge in [0.05, 0.1) is 5.88 Å². The Morgan fingerprint density at radius 2 is 2.31 bits per heavy atom. The molecule has 0 bridgehead atoms. The van der Waals surface area contributed by atoms with Crippen LogP contribution in [-0.2, 0) is 5.88 Å². The third-order valence-electron chi connectivity index (χ3n) is 1.81. The lowest BCUT2D eigenvalue weighted by molar-refractivity contribution is -0.389. The van der Waals surface area contributed by atoms with Gasteiger partial charge in [-0.2, -0.15) is 5.26 Å². The number of aromatic nitrogens is 1. The summed E-state index contributed by atoms with van der Waals surface area (Å²) in [5.41, 5.74) is -1.25. The predicted molar refractivity (Wildman–Crippen MR) is 50.1 cm³/mol. The topological polar surface area (TPSA) is 79.8 Å². The molecule has 1 aromatic heterocycles. The summed E-state index contributed by atoms with van der Waals surface area (Å²) in [6.07, 6.45) is -2.94. The molecule has 1 rings (SSSR count). The molecule has 84 valence electrons. The number of rotatable bonds is 3. The molecule has 0 amide bonds. The standard InChI is InChI=1S/C8H4ClF2N3O2/c9-2-5-4(8(10)11)1-7(14(15)16)13-6(5)3-12/h1,8H,2H2. The van der Waals surface area contributed by atoms with Crippen molar-refractivity contribution in [1.82, 2.24) is 4.98 Å². The number of alkyl halides is 3. The van der Waals surface area contributed by atoms with E-state index in [2.05, 4.69) is 4.98 Å². The highest BCUT2D eigenvalue weighted by molar-refractivity contribution is 6.17. The molecule has 1 heterocycles. The number of halogens is 3. The molecule has 0 saturated heterocycles. The Labute approximate surface area is 93.4 Å². The average molecular weight is 248 g/mol. The zero-order valence-electron chi connectivity index (χ0n) is 7.65. The van der Waals surface area contributed by atoms with Gasteiger partial charge in [0.25, 0.3) is 12.1 Å². The summed E-state index contributed by atoms with van der Waals surface area (Å²) >= 11 is 5.40. The molecule has 0 aliphatic heterocycles. The van der Waals surface area contributed by atoms with Crippen LogP contribution in [0.3, 0.4) is 0 Å².